The van der Waals surface area contributed by atoms with Crippen LogP contribution < -0.4 is 0 Å². The number of hydrogen-bond donors (Lipinski definition) is 1. The fourth-order valence-corrected chi connectivity index (χ4v) is 0.551. The van der Waals surface area contributed by atoms with E-state index in [1.807, 2.05) is 20.8 Å². The first-order valence-corrected chi connectivity index (χ1v) is 3.24. The molecular formula is C8H14O2. The first-order chi connectivity index (χ1) is 4.49. The molecule has 2 nitrogen and oxygen atoms in total. The van der Waals surface area contributed by atoms with Crippen LogP contribution in [0.3, 0.4) is 0 Å². The van der Waals surface area contributed by atoms with Crippen LogP contribution in [0.4, 0.5) is 0 Å². The van der Waals surface area contributed by atoms with E-state index in [9.17, 15) is 0 Å². The van der Waals surface area contributed by atoms with Gasteiger partial charge in [0.15, 0.2) is 0 Å². The highest BCUT2D eigenvalue weighted by molar-refractivity contribution is 4.95. The van der Waals surface area contributed by atoms with E-state index in [2.05, 4.69) is 5.92 Å². The van der Waals surface area contributed by atoms with Gasteiger partial charge in [0.2, 0.25) is 0 Å². The summed E-state index contributed by atoms with van der Waals surface area (Å²) in [6.07, 6.45) is 4.58. The van der Waals surface area contributed by atoms with Crippen LogP contribution in [0.15, 0.2) is 0 Å². The van der Waals surface area contributed by atoms with E-state index in [1.165, 1.54) is 0 Å². The molecule has 0 aromatic heterocycles. The molecule has 0 unspecified atom stereocenters. The Hall–Kier alpha value is -0.520. The molecule has 0 saturated carbocycles. The van der Waals surface area contributed by atoms with Gasteiger partial charge in [-0.1, -0.05) is 5.92 Å². The molecular weight excluding hydrogens is 128 g/mol. The second kappa shape index (κ2) is 3.60. The van der Waals surface area contributed by atoms with Crippen LogP contribution in [0.25, 0.3) is 0 Å². The zero-order chi connectivity index (χ0) is 8.20. The Labute approximate surface area is 62.2 Å². The summed E-state index contributed by atoms with van der Waals surface area (Å²) in [6.45, 7) is 5.57. The molecule has 58 valence electrons. The third-order valence-corrected chi connectivity index (χ3v) is 0.848. The van der Waals surface area contributed by atoms with Crippen LogP contribution in [0.1, 0.15) is 20.8 Å². The second-order valence-electron chi connectivity index (χ2n) is 3.07. The number of terminal acetylenes is 1. The van der Waals surface area contributed by atoms with Crippen molar-refractivity contribution in [1.29, 1.82) is 0 Å². The van der Waals surface area contributed by atoms with Gasteiger partial charge in [-0.3, -0.25) is 0 Å². The molecule has 0 spiro atoms. The van der Waals surface area contributed by atoms with Gasteiger partial charge < -0.3 is 9.84 Å². The van der Waals surface area contributed by atoms with Crippen LogP contribution in [0.2, 0.25) is 0 Å². The molecule has 0 aliphatic rings. The number of aliphatic hydroxyl groups is 1. The molecule has 0 aliphatic heterocycles. The maximum atomic E-state index is 8.62. The Morgan fingerprint density at radius 1 is 1.60 bits per heavy atom. The normalized spacial score (nSPS) is 14.3. The fourth-order valence-electron chi connectivity index (χ4n) is 0.551. The zero-order valence-electron chi connectivity index (χ0n) is 6.72. The maximum absolute atomic E-state index is 8.62. The Balaban J connectivity index is 3.78. The number of rotatable bonds is 2. The van der Waals surface area contributed by atoms with E-state index in [-0.39, 0.29) is 12.2 Å². The lowest BCUT2D eigenvalue weighted by Crippen LogP contribution is -2.28. The molecule has 0 saturated heterocycles. The molecule has 0 amide bonds. The number of ether oxygens (including phenoxy) is 1. The highest BCUT2D eigenvalue weighted by Gasteiger charge is 2.15. The predicted octanol–water partition coefficient (Wildman–Crippen LogP) is 0.796. The molecule has 0 rings (SSSR count). The highest BCUT2D eigenvalue weighted by Crippen LogP contribution is 2.09. The Kier molecular flexibility index (Phi) is 3.41. The lowest BCUT2D eigenvalue weighted by Gasteiger charge is -2.22. The Bertz CT molecular complexity index is 127. The quantitative estimate of drug-likeness (QED) is 0.578. The second-order valence-corrected chi connectivity index (χ2v) is 3.07. The zero-order valence-corrected chi connectivity index (χ0v) is 6.72. The van der Waals surface area contributed by atoms with Crippen LogP contribution >= 0.6 is 0 Å². The fraction of sp³-hybridized carbons (Fsp3) is 0.750. The minimum atomic E-state index is -0.472. The van der Waals surface area contributed by atoms with Gasteiger partial charge in [0.05, 0.1) is 12.2 Å². The molecule has 0 aliphatic carbocycles. The average Bonchev–Trinajstić information content (AvgIpc) is 1.81. The highest BCUT2D eigenvalue weighted by atomic mass is 16.5. The Morgan fingerprint density at radius 2 is 2.10 bits per heavy atom. The van der Waals surface area contributed by atoms with Crippen molar-refractivity contribution in [2.24, 2.45) is 0 Å². The van der Waals surface area contributed by atoms with E-state index in [0.29, 0.717) is 0 Å². The van der Waals surface area contributed by atoms with Crippen molar-refractivity contribution in [3.63, 3.8) is 0 Å². The summed E-state index contributed by atoms with van der Waals surface area (Å²) in [4.78, 5) is 0. The minimum Gasteiger partial charge on any atom is -0.393 e. The van der Waals surface area contributed by atoms with E-state index < -0.39 is 6.10 Å². The van der Waals surface area contributed by atoms with Crippen molar-refractivity contribution < 1.29 is 9.84 Å². The lowest BCUT2D eigenvalue weighted by atomic mass is 10.2. The molecule has 0 heterocycles. The van der Waals surface area contributed by atoms with Crippen LogP contribution in [-0.2, 0) is 4.74 Å². The summed E-state index contributed by atoms with van der Waals surface area (Å²) in [7, 11) is 0. The number of hydrogen-bond acceptors (Lipinski definition) is 2. The van der Waals surface area contributed by atoms with Crippen molar-refractivity contribution >= 4 is 0 Å². The van der Waals surface area contributed by atoms with Gasteiger partial charge >= 0.3 is 0 Å². The smallest absolute Gasteiger partial charge is 0.141 e. The van der Waals surface area contributed by atoms with E-state index >= 15 is 0 Å². The van der Waals surface area contributed by atoms with Gasteiger partial charge in [-0.2, -0.15) is 0 Å². The summed E-state index contributed by atoms with van der Waals surface area (Å²) in [6, 6.07) is 0. The van der Waals surface area contributed by atoms with Gasteiger partial charge in [-0.25, -0.2) is 0 Å². The van der Waals surface area contributed by atoms with Crippen molar-refractivity contribution in [3.8, 4) is 12.3 Å². The van der Waals surface area contributed by atoms with Crippen LogP contribution in [-0.4, -0.2) is 23.4 Å². The summed E-state index contributed by atoms with van der Waals surface area (Å²) >= 11 is 0. The third kappa shape index (κ3) is 4.37. The lowest BCUT2D eigenvalue weighted by molar-refractivity contribution is -0.0532. The molecule has 0 aromatic rings. The Morgan fingerprint density at radius 3 is 2.20 bits per heavy atom. The molecule has 0 bridgehead atoms. The number of aliphatic hydroxyl groups excluding tert-OH is 1. The molecule has 0 fully saturated rings. The maximum Gasteiger partial charge on any atom is 0.141 e. The van der Waals surface area contributed by atoms with E-state index in [0.717, 1.165) is 0 Å². The largest absolute Gasteiger partial charge is 0.393 e. The first kappa shape index (κ1) is 9.48. The molecule has 0 aromatic carbocycles. The van der Waals surface area contributed by atoms with E-state index in [1.54, 1.807) is 0 Å². The monoisotopic (exact) mass is 142 g/mol. The van der Waals surface area contributed by atoms with Crippen molar-refractivity contribution in [3.05, 3.63) is 0 Å². The van der Waals surface area contributed by atoms with Crippen molar-refractivity contribution in [2.75, 3.05) is 6.61 Å². The van der Waals surface area contributed by atoms with Crippen LogP contribution in [0.5, 0.6) is 0 Å². The topological polar surface area (TPSA) is 29.5 Å². The summed E-state index contributed by atoms with van der Waals surface area (Å²) in [5.41, 5.74) is -0.278. The van der Waals surface area contributed by atoms with Gasteiger partial charge in [0.25, 0.3) is 0 Å². The van der Waals surface area contributed by atoms with E-state index in [4.69, 9.17) is 16.3 Å². The molecule has 2 heteroatoms. The van der Waals surface area contributed by atoms with Crippen molar-refractivity contribution in [2.45, 2.75) is 32.5 Å². The van der Waals surface area contributed by atoms with Gasteiger partial charge in [0.1, 0.15) is 6.10 Å². The van der Waals surface area contributed by atoms with Gasteiger partial charge in [-0.15, -0.1) is 6.42 Å². The molecule has 0 radical (unpaired) electrons. The van der Waals surface area contributed by atoms with Gasteiger partial charge in [-0.05, 0) is 20.8 Å². The molecule has 1 atom stereocenters. The first-order valence-electron chi connectivity index (χ1n) is 3.24. The standard InChI is InChI=1S/C8H14O2/c1-5-7(6-9)10-8(2,3)4/h1,7,9H,6H2,2-4H3/t7-/m0/s1. The van der Waals surface area contributed by atoms with Crippen molar-refractivity contribution in [1.82, 2.24) is 0 Å². The summed E-state index contributed by atoms with van der Waals surface area (Å²) < 4.78 is 5.25. The summed E-state index contributed by atoms with van der Waals surface area (Å²) in [5, 5.41) is 8.62. The minimum absolute atomic E-state index is 0.117. The SMILES string of the molecule is C#C[C@@H](CO)OC(C)(C)C. The molecule has 10 heavy (non-hydrogen) atoms. The average molecular weight is 142 g/mol. The van der Waals surface area contributed by atoms with Crippen LogP contribution in [0, 0.1) is 12.3 Å². The molecule has 1 N–H and O–H groups in total. The predicted molar refractivity (Wildman–Crippen MR) is 40.5 cm³/mol. The summed E-state index contributed by atoms with van der Waals surface area (Å²) in [5.74, 6) is 2.34. The third-order valence-electron chi connectivity index (χ3n) is 0.848. The van der Waals surface area contributed by atoms with Gasteiger partial charge in [0, 0.05) is 0 Å².